The van der Waals surface area contributed by atoms with E-state index in [2.05, 4.69) is 40.7 Å². The number of sulfone groups is 1. The maximum Gasteiger partial charge on any atom is 0.229 e. The van der Waals surface area contributed by atoms with E-state index in [0.29, 0.717) is 18.2 Å². The largest absolute Gasteiger partial charge is 0.329 e. The molecule has 2 heterocycles. The second-order valence-corrected chi connectivity index (χ2v) is 11.9. The Morgan fingerprint density at radius 3 is 2.49 bits per heavy atom. The van der Waals surface area contributed by atoms with E-state index >= 15 is 0 Å². The molecule has 2 aromatic heterocycles. The van der Waals surface area contributed by atoms with E-state index in [0.717, 1.165) is 39.6 Å². The first-order valence-corrected chi connectivity index (χ1v) is 14.6. The fourth-order valence-electron chi connectivity index (χ4n) is 4.24. The summed E-state index contributed by atoms with van der Waals surface area (Å²) in [4.78, 5) is 15.9. The fraction of sp³-hybridized carbons (Fsp3) is 0.207. The van der Waals surface area contributed by atoms with Gasteiger partial charge in [0.1, 0.15) is 15.7 Å². The lowest BCUT2D eigenvalue weighted by atomic mass is 10.1. The van der Waals surface area contributed by atoms with Gasteiger partial charge in [-0.25, -0.2) is 18.4 Å². The number of fused-ring (bicyclic) bond motifs is 1. The molecular formula is C29H31N7O2S. The number of hydrogen-bond acceptors (Lipinski definition) is 8. The van der Waals surface area contributed by atoms with Crippen molar-refractivity contribution in [3.63, 3.8) is 0 Å². The van der Waals surface area contributed by atoms with Crippen LogP contribution in [0.4, 0.5) is 34.8 Å². The molecule has 0 aliphatic rings. The summed E-state index contributed by atoms with van der Waals surface area (Å²) >= 11 is 0. The average Bonchev–Trinajstić information content (AvgIpc) is 3.22. The van der Waals surface area contributed by atoms with Gasteiger partial charge in [-0.1, -0.05) is 29.8 Å². The van der Waals surface area contributed by atoms with Gasteiger partial charge in [-0.3, -0.25) is 0 Å². The number of rotatable bonds is 9. The van der Waals surface area contributed by atoms with Crippen molar-refractivity contribution in [3.8, 4) is 0 Å². The molecule has 0 radical (unpaired) electrons. The number of anilines is 6. The Bertz CT molecular complexity index is 1730. The molecule has 5 aromatic rings. The topological polar surface area (TPSA) is 105 Å². The molecule has 3 aromatic carbocycles. The number of benzene rings is 3. The molecule has 0 bridgehead atoms. The number of aromatic nitrogens is 4. The summed E-state index contributed by atoms with van der Waals surface area (Å²) in [5, 5.41) is 6.63. The quantitative estimate of drug-likeness (QED) is 0.252. The molecule has 0 unspecified atom stereocenters. The van der Waals surface area contributed by atoms with Gasteiger partial charge < -0.3 is 20.1 Å². The molecule has 9 nitrogen and oxygen atoms in total. The van der Waals surface area contributed by atoms with Gasteiger partial charge in [-0.05, 0) is 67.4 Å². The molecule has 0 saturated carbocycles. The zero-order valence-corrected chi connectivity index (χ0v) is 23.2. The molecule has 0 spiro atoms. The van der Waals surface area contributed by atoms with Gasteiger partial charge in [0, 0.05) is 43.6 Å². The van der Waals surface area contributed by atoms with Crippen LogP contribution in [0, 0.1) is 6.92 Å². The minimum absolute atomic E-state index is 0.108. The molecule has 0 atom stereocenters. The van der Waals surface area contributed by atoms with Gasteiger partial charge in [0.15, 0.2) is 0 Å². The van der Waals surface area contributed by atoms with Crippen molar-refractivity contribution in [1.82, 2.24) is 19.5 Å². The standard InChI is InChI=1S/C29H31N7O2S/c1-20-8-10-22(11-9-20)32-29-33-25-19-24(12-13-26(25)36(29)3)35(2)27-14-16-30-28(34-27)31-23-7-5-6-21(18-23)15-17-39(4,37)38/h5-14,16,18-19H,15,17H2,1-4H3,(H,32,33)(H,30,31,34). The lowest BCUT2D eigenvalue weighted by molar-refractivity contribution is 0.601. The zero-order chi connectivity index (χ0) is 27.6. The Kier molecular flexibility index (Phi) is 7.21. The molecule has 2 N–H and O–H groups in total. The van der Waals surface area contributed by atoms with Crippen LogP contribution in [0.1, 0.15) is 11.1 Å². The Labute approximate surface area is 228 Å². The number of nitrogens with one attached hydrogen (secondary N) is 2. The third-order valence-corrected chi connectivity index (χ3v) is 7.43. The van der Waals surface area contributed by atoms with Crippen LogP contribution < -0.4 is 15.5 Å². The van der Waals surface area contributed by atoms with Crippen LogP contribution in [0.5, 0.6) is 0 Å². The molecule has 0 amide bonds. The van der Waals surface area contributed by atoms with Crippen molar-refractivity contribution in [2.75, 3.05) is 34.6 Å². The molecule has 10 heteroatoms. The third kappa shape index (κ3) is 6.35. The van der Waals surface area contributed by atoms with E-state index in [9.17, 15) is 8.42 Å². The summed E-state index contributed by atoms with van der Waals surface area (Å²) in [7, 11) is 0.919. The maximum absolute atomic E-state index is 11.5. The van der Waals surface area contributed by atoms with Crippen LogP contribution in [0.15, 0.2) is 79.0 Å². The summed E-state index contributed by atoms with van der Waals surface area (Å²) < 4.78 is 25.1. The highest BCUT2D eigenvalue weighted by molar-refractivity contribution is 7.90. The van der Waals surface area contributed by atoms with Crippen LogP contribution >= 0.6 is 0 Å². The SMILES string of the molecule is Cc1ccc(Nc2nc3cc(N(C)c4ccnc(Nc5cccc(CCS(C)(=O)=O)c5)n4)ccc3n2C)cc1. The Hall–Kier alpha value is -4.44. The molecule has 0 aliphatic heterocycles. The normalized spacial score (nSPS) is 11.5. The summed E-state index contributed by atoms with van der Waals surface area (Å²) in [6, 6.07) is 23.8. The minimum atomic E-state index is -3.03. The van der Waals surface area contributed by atoms with Gasteiger partial charge in [-0.15, -0.1) is 0 Å². The monoisotopic (exact) mass is 541 g/mol. The smallest absolute Gasteiger partial charge is 0.229 e. The summed E-state index contributed by atoms with van der Waals surface area (Å²) in [6.45, 7) is 2.07. The molecule has 0 fully saturated rings. The van der Waals surface area contributed by atoms with Crippen LogP contribution in [0.25, 0.3) is 11.0 Å². The number of nitrogens with zero attached hydrogens (tertiary/aromatic N) is 5. The second-order valence-electron chi connectivity index (χ2n) is 9.66. The summed E-state index contributed by atoms with van der Waals surface area (Å²) in [5.41, 5.74) is 6.74. The molecule has 0 saturated heterocycles. The van der Waals surface area contributed by atoms with Crippen LogP contribution in [0.3, 0.4) is 0 Å². The highest BCUT2D eigenvalue weighted by Gasteiger charge is 2.13. The second kappa shape index (κ2) is 10.7. The minimum Gasteiger partial charge on any atom is -0.329 e. The van der Waals surface area contributed by atoms with Crippen molar-refractivity contribution in [2.24, 2.45) is 7.05 Å². The predicted octanol–water partition coefficient (Wildman–Crippen LogP) is 5.51. The predicted molar refractivity (Wildman–Crippen MR) is 158 cm³/mol. The first-order valence-electron chi connectivity index (χ1n) is 12.6. The molecule has 0 aliphatic carbocycles. The highest BCUT2D eigenvalue weighted by Crippen LogP contribution is 2.29. The van der Waals surface area contributed by atoms with E-state index in [4.69, 9.17) is 9.97 Å². The Morgan fingerprint density at radius 2 is 1.72 bits per heavy atom. The molecular weight excluding hydrogens is 510 g/mol. The summed E-state index contributed by atoms with van der Waals surface area (Å²) in [6.07, 6.45) is 3.41. The maximum atomic E-state index is 11.5. The number of hydrogen-bond donors (Lipinski definition) is 2. The lowest BCUT2D eigenvalue weighted by Gasteiger charge is -2.19. The highest BCUT2D eigenvalue weighted by atomic mass is 32.2. The lowest BCUT2D eigenvalue weighted by Crippen LogP contribution is -2.12. The van der Waals surface area contributed by atoms with Gasteiger partial charge in [0.25, 0.3) is 0 Å². The van der Waals surface area contributed by atoms with E-state index in [-0.39, 0.29) is 5.75 Å². The van der Waals surface area contributed by atoms with E-state index in [1.54, 1.807) is 6.20 Å². The van der Waals surface area contributed by atoms with Crippen molar-refractivity contribution in [1.29, 1.82) is 0 Å². The average molecular weight is 542 g/mol. The number of aryl methyl sites for hydroxylation is 3. The fourth-order valence-corrected chi connectivity index (χ4v) is 4.85. The van der Waals surface area contributed by atoms with Crippen LogP contribution in [-0.2, 0) is 23.3 Å². The van der Waals surface area contributed by atoms with Crippen LogP contribution in [-0.4, -0.2) is 47.0 Å². The van der Waals surface area contributed by atoms with E-state index < -0.39 is 9.84 Å². The third-order valence-electron chi connectivity index (χ3n) is 6.49. The molecule has 200 valence electrons. The number of imidazole rings is 1. The summed E-state index contributed by atoms with van der Waals surface area (Å²) in [5.74, 6) is 2.04. The van der Waals surface area contributed by atoms with E-state index in [1.807, 2.05) is 78.2 Å². The Balaban J connectivity index is 1.34. The van der Waals surface area contributed by atoms with Crippen molar-refractivity contribution in [3.05, 3.63) is 90.1 Å². The van der Waals surface area contributed by atoms with Gasteiger partial charge >= 0.3 is 0 Å². The molecule has 5 rings (SSSR count). The van der Waals surface area contributed by atoms with E-state index in [1.165, 1.54) is 11.8 Å². The first-order chi connectivity index (χ1) is 18.6. The zero-order valence-electron chi connectivity index (χ0n) is 22.4. The van der Waals surface area contributed by atoms with Crippen molar-refractivity contribution < 1.29 is 8.42 Å². The van der Waals surface area contributed by atoms with Gasteiger partial charge in [0.05, 0.1) is 16.8 Å². The van der Waals surface area contributed by atoms with Crippen molar-refractivity contribution >= 4 is 55.6 Å². The Morgan fingerprint density at radius 1 is 0.923 bits per heavy atom. The first kappa shape index (κ1) is 26.2. The molecule has 39 heavy (non-hydrogen) atoms. The van der Waals surface area contributed by atoms with Gasteiger partial charge in [0.2, 0.25) is 11.9 Å². The van der Waals surface area contributed by atoms with Gasteiger partial charge in [-0.2, -0.15) is 4.98 Å². The van der Waals surface area contributed by atoms with Crippen LogP contribution in [0.2, 0.25) is 0 Å². The van der Waals surface area contributed by atoms with Crippen molar-refractivity contribution in [2.45, 2.75) is 13.3 Å².